The zero-order valence-electron chi connectivity index (χ0n) is 6.65. The lowest BCUT2D eigenvalue weighted by atomic mass is 10.2. The molecule has 0 saturated carbocycles. The fourth-order valence-corrected chi connectivity index (χ4v) is 0.728. The molecule has 0 aliphatic heterocycles. The van der Waals surface area contributed by atoms with Gasteiger partial charge in [0.05, 0.1) is 0 Å². The van der Waals surface area contributed by atoms with Gasteiger partial charge < -0.3 is 11.3 Å². The van der Waals surface area contributed by atoms with Crippen molar-refractivity contribution in [2.45, 2.75) is 0 Å². The zero-order valence-corrected chi connectivity index (χ0v) is 6.65. The molecule has 1 rings (SSSR count). The molecule has 4 N–H and O–H groups in total. The predicted octanol–water partition coefficient (Wildman–Crippen LogP) is 2.10. The molecule has 1 aromatic rings. The van der Waals surface area contributed by atoms with Gasteiger partial charge in [-0.1, -0.05) is 0 Å². The molecule has 0 radical (unpaired) electrons. The van der Waals surface area contributed by atoms with Gasteiger partial charge in [0.25, 0.3) is 0 Å². The largest absolute Gasteiger partial charge is 0.478 e. The van der Waals surface area contributed by atoms with E-state index in [1.807, 2.05) is 0 Å². The Morgan fingerprint density at radius 2 is 1.57 bits per heavy atom. The second kappa shape index (κ2) is 4.05. The summed E-state index contributed by atoms with van der Waals surface area (Å²) in [7, 11) is 0. The molecule has 3 nitrogen and oxygen atoms in total. The molecular formula is C7H5F4NO2. The Kier molecular flexibility index (Phi) is 3.58. The van der Waals surface area contributed by atoms with Crippen LogP contribution in [0.3, 0.4) is 0 Å². The molecule has 14 heavy (non-hydrogen) atoms. The molecule has 0 spiro atoms. The minimum absolute atomic E-state index is 0. The number of rotatable bonds is 1. The smallest absolute Gasteiger partial charge is 0.338 e. The average molecular weight is 211 g/mol. The summed E-state index contributed by atoms with van der Waals surface area (Å²) >= 11 is 0. The van der Waals surface area contributed by atoms with Gasteiger partial charge in [0.2, 0.25) is 0 Å². The summed E-state index contributed by atoms with van der Waals surface area (Å²) in [6, 6.07) is 0.0794. The Hall–Kier alpha value is -1.63. The van der Waals surface area contributed by atoms with E-state index in [4.69, 9.17) is 5.11 Å². The maximum absolute atomic E-state index is 12.5. The molecule has 1 aromatic carbocycles. The first-order valence-corrected chi connectivity index (χ1v) is 3.01. The van der Waals surface area contributed by atoms with Gasteiger partial charge >= 0.3 is 5.97 Å². The highest BCUT2D eigenvalue weighted by molar-refractivity contribution is 5.87. The van der Waals surface area contributed by atoms with E-state index in [1.54, 1.807) is 0 Å². The van der Waals surface area contributed by atoms with Gasteiger partial charge in [-0.3, -0.25) is 0 Å². The van der Waals surface area contributed by atoms with Crippen LogP contribution >= 0.6 is 0 Å². The summed E-state index contributed by atoms with van der Waals surface area (Å²) in [4.78, 5) is 10.1. The lowest BCUT2D eigenvalue weighted by molar-refractivity contribution is 0.0689. The molecule has 0 bridgehead atoms. The summed E-state index contributed by atoms with van der Waals surface area (Å²) in [5.74, 6) is -9.67. The number of carboxylic acid groups (broad SMARTS) is 1. The van der Waals surface area contributed by atoms with Crippen molar-refractivity contribution in [1.82, 2.24) is 6.15 Å². The third-order valence-electron chi connectivity index (χ3n) is 1.33. The van der Waals surface area contributed by atoms with E-state index in [9.17, 15) is 22.4 Å². The Bertz CT molecular complexity index is 380. The maximum Gasteiger partial charge on any atom is 0.338 e. The summed E-state index contributed by atoms with van der Waals surface area (Å²) in [6.07, 6.45) is 0. The normalized spacial score (nSPS) is 9.43. The second-order valence-corrected chi connectivity index (χ2v) is 2.15. The maximum atomic E-state index is 12.5. The van der Waals surface area contributed by atoms with Gasteiger partial charge in [-0.05, 0) is 6.07 Å². The molecule has 7 heteroatoms. The lowest BCUT2D eigenvalue weighted by Gasteiger charge is -2.00. The molecular weight excluding hydrogens is 206 g/mol. The van der Waals surface area contributed by atoms with Crippen LogP contribution in [0.25, 0.3) is 0 Å². The van der Waals surface area contributed by atoms with E-state index in [-0.39, 0.29) is 12.2 Å². The fourth-order valence-electron chi connectivity index (χ4n) is 0.728. The number of halogens is 4. The van der Waals surface area contributed by atoms with Crippen molar-refractivity contribution in [3.8, 4) is 0 Å². The average Bonchev–Trinajstić information content (AvgIpc) is 2.07. The van der Waals surface area contributed by atoms with Crippen molar-refractivity contribution in [2.24, 2.45) is 0 Å². The number of hydrogen-bond donors (Lipinski definition) is 2. The monoisotopic (exact) mass is 211 g/mol. The third-order valence-corrected chi connectivity index (χ3v) is 1.33. The van der Waals surface area contributed by atoms with Gasteiger partial charge in [0.15, 0.2) is 23.3 Å². The minimum Gasteiger partial charge on any atom is -0.478 e. The highest BCUT2D eigenvalue weighted by atomic mass is 19.2. The molecule has 0 amide bonds. The third kappa shape index (κ3) is 1.82. The van der Waals surface area contributed by atoms with Crippen LogP contribution in [0.5, 0.6) is 0 Å². The fraction of sp³-hybridized carbons (Fsp3) is 0. The van der Waals surface area contributed by atoms with Gasteiger partial charge in [-0.2, -0.15) is 0 Å². The highest BCUT2D eigenvalue weighted by Gasteiger charge is 2.22. The summed E-state index contributed by atoms with van der Waals surface area (Å²) in [5.41, 5.74) is -1.24. The summed E-state index contributed by atoms with van der Waals surface area (Å²) < 4.78 is 49.5. The number of aromatic carboxylic acids is 1. The second-order valence-electron chi connectivity index (χ2n) is 2.15. The van der Waals surface area contributed by atoms with Crippen LogP contribution in [-0.2, 0) is 0 Å². The molecule has 78 valence electrons. The van der Waals surface area contributed by atoms with Crippen LogP contribution in [0, 0.1) is 23.3 Å². The van der Waals surface area contributed by atoms with Gasteiger partial charge in [-0.15, -0.1) is 0 Å². The van der Waals surface area contributed by atoms with Crippen molar-refractivity contribution in [3.63, 3.8) is 0 Å². The number of benzene rings is 1. The van der Waals surface area contributed by atoms with Crippen LogP contribution in [0.1, 0.15) is 10.4 Å². The summed E-state index contributed by atoms with van der Waals surface area (Å²) in [5, 5.41) is 8.21. The number of carboxylic acids is 1. The minimum atomic E-state index is -2.13. The molecule has 0 aliphatic carbocycles. The Morgan fingerprint density at radius 1 is 1.07 bits per heavy atom. The molecule has 0 aliphatic rings. The van der Waals surface area contributed by atoms with E-state index in [0.29, 0.717) is 0 Å². The predicted molar refractivity (Wildman–Crippen MR) is 38.3 cm³/mol. The molecule has 0 unspecified atom stereocenters. The Labute approximate surface area is 75.5 Å². The van der Waals surface area contributed by atoms with Gasteiger partial charge in [-0.25, -0.2) is 22.4 Å². The van der Waals surface area contributed by atoms with E-state index in [2.05, 4.69) is 0 Å². The van der Waals surface area contributed by atoms with Crippen molar-refractivity contribution < 1.29 is 27.5 Å². The van der Waals surface area contributed by atoms with E-state index in [0.717, 1.165) is 0 Å². The first kappa shape index (κ1) is 12.4. The number of hydrogen-bond acceptors (Lipinski definition) is 2. The number of carbonyl (C=O) groups is 1. The van der Waals surface area contributed by atoms with Crippen molar-refractivity contribution >= 4 is 5.97 Å². The standard InChI is InChI=1S/C7H2F4O2.H3N/c8-3-1-2(7(12)13)4(9)6(11)5(3)10;/h1H,(H,12,13);1H3. The lowest BCUT2D eigenvalue weighted by Crippen LogP contribution is -2.06. The Morgan fingerprint density at radius 3 is 2.00 bits per heavy atom. The topological polar surface area (TPSA) is 72.3 Å². The van der Waals surface area contributed by atoms with Crippen LogP contribution in [0.2, 0.25) is 0 Å². The first-order valence-electron chi connectivity index (χ1n) is 3.01. The van der Waals surface area contributed by atoms with Crippen molar-refractivity contribution in [1.29, 1.82) is 0 Å². The van der Waals surface area contributed by atoms with Crippen molar-refractivity contribution in [2.75, 3.05) is 0 Å². The van der Waals surface area contributed by atoms with E-state index in [1.165, 1.54) is 0 Å². The zero-order chi connectivity index (χ0) is 10.2. The van der Waals surface area contributed by atoms with Crippen LogP contribution < -0.4 is 6.15 Å². The molecule has 0 heterocycles. The summed E-state index contributed by atoms with van der Waals surface area (Å²) in [6.45, 7) is 0. The van der Waals surface area contributed by atoms with Crippen LogP contribution in [0.15, 0.2) is 6.07 Å². The van der Waals surface area contributed by atoms with Gasteiger partial charge in [0, 0.05) is 0 Å². The molecule has 0 saturated heterocycles. The molecule has 0 aromatic heterocycles. The van der Waals surface area contributed by atoms with E-state index >= 15 is 0 Å². The highest BCUT2D eigenvalue weighted by Crippen LogP contribution is 2.18. The Balaban J connectivity index is 0.00000169. The van der Waals surface area contributed by atoms with Crippen LogP contribution in [0.4, 0.5) is 17.6 Å². The van der Waals surface area contributed by atoms with E-state index < -0.39 is 34.8 Å². The van der Waals surface area contributed by atoms with Gasteiger partial charge in [0.1, 0.15) is 5.56 Å². The SMILES string of the molecule is N.O=C(O)c1cc(F)c(F)c(F)c1F. The quantitative estimate of drug-likeness (QED) is 0.424. The van der Waals surface area contributed by atoms with Crippen LogP contribution in [-0.4, -0.2) is 11.1 Å². The van der Waals surface area contributed by atoms with Crippen molar-refractivity contribution in [3.05, 3.63) is 34.9 Å². The molecule has 0 atom stereocenters. The first-order chi connectivity index (χ1) is 5.95. The molecule has 0 fully saturated rings.